The van der Waals surface area contributed by atoms with Crippen LogP contribution in [-0.2, 0) is 9.53 Å². The Hall–Kier alpha value is -0.610. The number of likely N-dealkylation sites (tertiary alicyclic amines) is 1. The van der Waals surface area contributed by atoms with Gasteiger partial charge in [-0.3, -0.25) is 4.79 Å². The Labute approximate surface area is 97.3 Å². The summed E-state index contributed by atoms with van der Waals surface area (Å²) in [6, 6.07) is 0. The van der Waals surface area contributed by atoms with Crippen LogP contribution in [0.25, 0.3) is 0 Å². The van der Waals surface area contributed by atoms with E-state index in [4.69, 9.17) is 4.74 Å². The molecule has 0 aliphatic carbocycles. The van der Waals surface area contributed by atoms with Crippen molar-refractivity contribution < 1.29 is 9.53 Å². The van der Waals surface area contributed by atoms with Gasteiger partial charge in [0.05, 0.1) is 13.2 Å². The largest absolute Gasteiger partial charge is 0.380 e. The lowest BCUT2D eigenvalue weighted by atomic mass is 9.95. The smallest absolute Gasteiger partial charge is 0.236 e. The highest BCUT2D eigenvalue weighted by Gasteiger charge is 2.28. The molecule has 0 aromatic rings. The van der Waals surface area contributed by atoms with Crippen LogP contribution < -0.4 is 5.32 Å². The van der Waals surface area contributed by atoms with Crippen molar-refractivity contribution in [1.29, 1.82) is 0 Å². The number of carbonyl (C=O) groups excluding carboxylic acids is 1. The zero-order chi connectivity index (χ0) is 11.4. The Morgan fingerprint density at radius 1 is 1.38 bits per heavy atom. The minimum Gasteiger partial charge on any atom is -0.380 e. The van der Waals surface area contributed by atoms with Crippen molar-refractivity contribution in [3.63, 3.8) is 0 Å². The van der Waals surface area contributed by atoms with Gasteiger partial charge in [0.2, 0.25) is 5.91 Å². The lowest BCUT2D eigenvalue weighted by Gasteiger charge is -2.34. The zero-order valence-corrected chi connectivity index (χ0v) is 10.1. The molecule has 1 atom stereocenters. The van der Waals surface area contributed by atoms with Gasteiger partial charge in [-0.2, -0.15) is 0 Å². The van der Waals surface area contributed by atoms with Crippen molar-refractivity contribution in [1.82, 2.24) is 10.2 Å². The fourth-order valence-electron chi connectivity index (χ4n) is 2.44. The first-order valence-corrected chi connectivity index (χ1v) is 6.30. The minimum atomic E-state index is -0.00632. The predicted molar refractivity (Wildman–Crippen MR) is 62.3 cm³/mol. The molecule has 2 aliphatic rings. The second kappa shape index (κ2) is 5.15. The lowest BCUT2D eigenvalue weighted by molar-refractivity contribution is -0.129. The molecule has 92 valence electrons. The van der Waals surface area contributed by atoms with E-state index in [1.54, 1.807) is 0 Å². The molecule has 4 heteroatoms. The molecular formula is C12H22N2O2. The van der Waals surface area contributed by atoms with Crippen molar-refractivity contribution in [2.75, 3.05) is 32.8 Å². The second-order valence-electron chi connectivity index (χ2n) is 5.16. The maximum absolute atomic E-state index is 11.9. The Bertz CT molecular complexity index is 243. The molecule has 0 radical (unpaired) electrons. The van der Waals surface area contributed by atoms with Crippen LogP contribution in [0.4, 0.5) is 0 Å². The monoisotopic (exact) mass is 226 g/mol. The molecular weight excluding hydrogens is 204 g/mol. The van der Waals surface area contributed by atoms with E-state index in [1.165, 1.54) is 0 Å². The Morgan fingerprint density at radius 2 is 2.12 bits per heavy atom. The molecule has 2 fully saturated rings. The maximum atomic E-state index is 11.9. The molecule has 16 heavy (non-hydrogen) atoms. The normalized spacial score (nSPS) is 30.7. The van der Waals surface area contributed by atoms with E-state index >= 15 is 0 Å². The summed E-state index contributed by atoms with van der Waals surface area (Å²) in [6.45, 7) is 6.06. The summed E-state index contributed by atoms with van der Waals surface area (Å²) in [5.74, 6) is 0.240. The van der Waals surface area contributed by atoms with Gasteiger partial charge in [-0.25, -0.2) is 0 Å². The number of amides is 1. The number of nitrogens with one attached hydrogen (secondary N) is 1. The van der Waals surface area contributed by atoms with Gasteiger partial charge in [0, 0.05) is 25.2 Å². The van der Waals surface area contributed by atoms with E-state index in [1.807, 2.05) is 4.90 Å². The van der Waals surface area contributed by atoms with Crippen LogP contribution >= 0.6 is 0 Å². The summed E-state index contributed by atoms with van der Waals surface area (Å²) in [6.07, 6.45) is 4.50. The molecule has 4 nitrogen and oxygen atoms in total. The average molecular weight is 226 g/mol. The highest BCUT2D eigenvalue weighted by Crippen LogP contribution is 2.18. The molecule has 0 spiro atoms. The van der Waals surface area contributed by atoms with Crippen LogP contribution in [0, 0.1) is 0 Å². The average Bonchev–Trinajstić information content (AvgIpc) is 2.80. The molecule has 0 saturated carbocycles. The fourth-order valence-corrected chi connectivity index (χ4v) is 2.44. The van der Waals surface area contributed by atoms with Crippen LogP contribution in [-0.4, -0.2) is 49.2 Å². The van der Waals surface area contributed by atoms with Gasteiger partial charge in [0.25, 0.3) is 0 Å². The van der Waals surface area contributed by atoms with Gasteiger partial charge in [0.15, 0.2) is 0 Å². The number of ether oxygens (including phenoxy) is 1. The first-order chi connectivity index (χ1) is 7.70. The van der Waals surface area contributed by atoms with Crippen LogP contribution in [0.15, 0.2) is 0 Å². The van der Waals surface area contributed by atoms with Crippen LogP contribution in [0.1, 0.15) is 32.6 Å². The molecule has 1 amide bonds. The standard InChI is InChI=1S/C12H22N2O2/c1-12(5-4-8-16-10-12)13-9-11(15)14-6-2-3-7-14/h13H,2-10H2,1H3. The maximum Gasteiger partial charge on any atom is 0.236 e. The fraction of sp³-hybridized carbons (Fsp3) is 0.917. The summed E-state index contributed by atoms with van der Waals surface area (Å²) < 4.78 is 5.46. The quantitative estimate of drug-likeness (QED) is 0.773. The summed E-state index contributed by atoms with van der Waals surface area (Å²) >= 11 is 0. The second-order valence-corrected chi connectivity index (χ2v) is 5.16. The Balaban J connectivity index is 1.75. The molecule has 0 aromatic carbocycles. The van der Waals surface area contributed by atoms with Crippen molar-refractivity contribution >= 4 is 5.91 Å². The van der Waals surface area contributed by atoms with Crippen molar-refractivity contribution in [2.24, 2.45) is 0 Å². The highest BCUT2D eigenvalue weighted by molar-refractivity contribution is 5.78. The number of hydrogen-bond donors (Lipinski definition) is 1. The first kappa shape index (κ1) is 11.9. The van der Waals surface area contributed by atoms with E-state index in [-0.39, 0.29) is 11.4 Å². The van der Waals surface area contributed by atoms with Gasteiger partial charge < -0.3 is 15.0 Å². The molecule has 0 aromatic heterocycles. The topological polar surface area (TPSA) is 41.6 Å². The predicted octanol–water partition coefficient (Wildman–Crippen LogP) is 0.767. The van der Waals surface area contributed by atoms with Gasteiger partial charge in [-0.15, -0.1) is 0 Å². The van der Waals surface area contributed by atoms with Crippen molar-refractivity contribution in [3.8, 4) is 0 Å². The molecule has 2 aliphatic heterocycles. The number of hydrogen-bond acceptors (Lipinski definition) is 3. The molecule has 1 N–H and O–H groups in total. The minimum absolute atomic E-state index is 0.00632. The van der Waals surface area contributed by atoms with Crippen molar-refractivity contribution in [2.45, 2.75) is 38.1 Å². The van der Waals surface area contributed by atoms with Crippen LogP contribution in [0.2, 0.25) is 0 Å². The summed E-state index contributed by atoms with van der Waals surface area (Å²) in [7, 11) is 0. The van der Waals surface area contributed by atoms with E-state index in [2.05, 4.69) is 12.2 Å². The van der Waals surface area contributed by atoms with Gasteiger partial charge >= 0.3 is 0 Å². The third-order valence-electron chi connectivity index (χ3n) is 3.56. The summed E-state index contributed by atoms with van der Waals surface area (Å²) in [5.41, 5.74) is -0.00632. The molecule has 2 saturated heterocycles. The summed E-state index contributed by atoms with van der Waals surface area (Å²) in [5, 5.41) is 3.36. The Kier molecular flexibility index (Phi) is 3.82. The molecule has 0 bridgehead atoms. The van der Waals surface area contributed by atoms with E-state index in [9.17, 15) is 4.79 Å². The zero-order valence-electron chi connectivity index (χ0n) is 10.1. The molecule has 2 rings (SSSR count). The number of rotatable bonds is 3. The molecule has 1 unspecified atom stereocenters. The van der Waals surface area contributed by atoms with Crippen LogP contribution in [0.5, 0.6) is 0 Å². The third kappa shape index (κ3) is 2.95. The number of nitrogens with zero attached hydrogens (tertiary/aromatic N) is 1. The lowest BCUT2D eigenvalue weighted by Crippen LogP contribution is -2.52. The van der Waals surface area contributed by atoms with Crippen molar-refractivity contribution in [3.05, 3.63) is 0 Å². The van der Waals surface area contributed by atoms with Gasteiger partial charge in [-0.05, 0) is 32.6 Å². The van der Waals surface area contributed by atoms with E-state index in [0.29, 0.717) is 6.54 Å². The highest BCUT2D eigenvalue weighted by atomic mass is 16.5. The van der Waals surface area contributed by atoms with E-state index < -0.39 is 0 Å². The SMILES string of the molecule is CC1(NCC(=O)N2CCCC2)CCCOC1. The molecule has 2 heterocycles. The van der Waals surface area contributed by atoms with Crippen LogP contribution in [0.3, 0.4) is 0 Å². The van der Waals surface area contributed by atoms with E-state index in [0.717, 1.165) is 52.0 Å². The van der Waals surface area contributed by atoms with Gasteiger partial charge in [-0.1, -0.05) is 0 Å². The Morgan fingerprint density at radius 3 is 2.75 bits per heavy atom. The summed E-state index contributed by atoms with van der Waals surface area (Å²) in [4.78, 5) is 13.8. The number of carbonyl (C=O) groups is 1. The first-order valence-electron chi connectivity index (χ1n) is 6.30. The van der Waals surface area contributed by atoms with Gasteiger partial charge in [0.1, 0.15) is 0 Å². The third-order valence-corrected chi connectivity index (χ3v) is 3.56.